The molecule has 4 heteroatoms. The van der Waals surface area contributed by atoms with Gasteiger partial charge in [-0.15, -0.1) is 11.3 Å². The Hall–Kier alpha value is -0.450. The summed E-state index contributed by atoms with van der Waals surface area (Å²) in [5.74, 6) is 0. The second kappa shape index (κ2) is 6.12. The van der Waals surface area contributed by atoms with Gasteiger partial charge < -0.3 is 10.5 Å². The smallest absolute Gasteiger partial charge is 0.125 e. The third kappa shape index (κ3) is 3.23. The second-order valence-corrected chi connectivity index (χ2v) is 7.74. The summed E-state index contributed by atoms with van der Waals surface area (Å²) in [6.45, 7) is 10.3. The number of thiazole rings is 1. The van der Waals surface area contributed by atoms with E-state index in [0.717, 1.165) is 31.6 Å². The third-order valence-corrected chi connectivity index (χ3v) is 5.89. The summed E-state index contributed by atoms with van der Waals surface area (Å²) in [5, 5.41) is 1.18. The summed E-state index contributed by atoms with van der Waals surface area (Å²) in [6.07, 6.45) is 5.51. The van der Waals surface area contributed by atoms with Gasteiger partial charge in [0.15, 0.2) is 0 Å². The highest BCUT2D eigenvalue weighted by molar-refractivity contribution is 7.11. The van der Waals surface area contributed by atoms with Crippen LogP contribution in [0.25, 0.3) is 0 Å². The molecule has 114 valence electrons. The van der Waals surface area contributed by atoms with Gasteiger partial charge in [-0.3, -0.25) is 0 Å². The standard InChI is InChI=1S/C16H28N2OS/c1-5-19-16(9-7-15(3,4)8-10-16)14-18-12(2)13(20-14)6-11-17/h5-11,17H2,1-4H3. The summed E-state index contributed by atoms with van der Waals surface area (Å²) in [6, 6.07) is 0. The van der Waals surface area contributed by atoms with Gasteiger partial charge in [0.2, 0.25) is 0 Å². The van der Waals surface area contributed by atoms with E-state index in [1.807, 2.05) is 11.3 Å². The van der Waals surface area contributed by atoms with E-state index in [1.54, 1.807) is 0 Å². The lowest BCUT2D eigenvalue weighted by atomic mass is 9.71. The van der Waals surface area contributed by atoms with Crippen LogP contribution >= 0.6 is 11.3 Å². The molecule has 1 aliphatic carbocycles. The first-order valence-corrected chi connectivity index (χ1v) is 8.55. The topological polar surface area (TPSA) is 48.1 Å². The minimum atomic E-state index is -0.146. The quantitative estimate of drug-likeness (QED) is 0.899. The van der Waals surface area contributed by atoms with Crippen LogP contribution in [-0.2, 0) is 16.8 Å². The molecular formula is C16H28N2OS. The van der Waals surface area contributed by atoms with Gasteiger partial charge in [-0.2, -0.15) is 0 Å². The van der Waals surface area contributed by atoms with E-state index in [4.69, 9.17) is 15.5 Å². The fraction of sp³-hybridized carbons (Fsp3) is 0.812. The Morgan fingerprint density at radius 3 is 2.45 bits per heavy atom. The number of rotatable bonds is 5. The number of aromatic nitrogens is 1. The lowest BCUT2D eigenvalue weighted by Gasteiger charge is -2.42. The van der Waals surface area contributed by atoms with E-state index in [1.165, 1.54) is 22.7 Å². The Labute approximate surface area is 126 Å². The molecule has 1 saturated carbocycles. The van der Waals surface area contributed by atoms with E-state index in [0.29, 0.717) is 12.0 Å². The van der Waals surface area contributed by atoms with Gasteiger partial charge in [0, 0.05) is 11.5 Å². The monoisotopic (exact) mass is 296 g/mol. The summed E-state index contributed by atoms with van der Waals surface area (Å²) in [5.41, 5.74) is 7.12. The Morgan fingerprint density at radius 1 is 1.25 bits per heavy atom. The van der Waals surface area contributed by atoms with Crippen molar-refractivity contribution < 1.29 is 4.74 Å². The normalized spacial score (nSPS) is 21.1. The van der Waals surface area contributed by atoms with Gasteiger partial charge in [-0.25, -0.2) is 4.98 Å². The molecule has 1 fully saturated rings. The molecule has 0 amide bonds. The van der Waals surface area contributed by atoms with Gasteiger partial charge in [0.1, 0.15) is 10.6 Å². The van der Waals surface area contributed by atoms with Crippen LogP contribution in [0.3, 0.4) is 0 Å². The predicted molar refractivity (Wildman–Crippen MR) is 85.2 cm³/mol. The van der Waals surface area contributed by atoms with E-state index < -0.39 is 0 Å². The average Bonchev–Trinajstić information content (AvgIpc) is 2.75. The number of hydrogen-bond donors (Lipinski definition) is 1. The summed E-state index contributed by atoms with van der Waals surface area (Å²) < 4.78 is 6.21. The maximum absolute atomic E-state index is 6.21. The lowest BCUT2D eigenvalue weighted by Crippen LogP contribution is -2.37. The van der Waals surface area contributed by atoms with Crippen molar-refractivity contribution in [3.8, 4) is 0 Å². The number of nitrogens with two attached hydrogens (primary N) is 1. The largest absolute Gasteiger partial charge is 0.368 e. The van der Waals surface area contributed by atoms with Gasteiger partial charge in [-0.05, 0) is 57.9 Å². The highest BCUT2D eigenvalue weighted by Gasteiger charge is 2.42. The summed E-state index contributed by atoms with van der Waals surface area (Å²) in [7, 11) is 0. The number of nitrogens with zero attached hydrogens (tertiary/aromatic N) is 1. The second-order valence-electron chi connectivity index (χ2n) is 6.66. The van der Waals surface area contributed by atoms with Crippen LogP contribution in [0, 0.1) is 12.3 Å². The molecule has 0 aromatic carbocycles. The highest BCUT2D eigenvalue weighted by atomic mass is 32.1. The van der Waals surface area contributed by atoms with Gasteiger partial charge in [0.05, 0.1) is 5.69 Å². The number of hydrogen-bond acceptors (Lipinski definition) is 4. The zero-order chi connectivity index (χ0) is 14.8. The van der Waals surface area contributed by atoms with Crippen LogP contribution in [0.4, 0.5) is 0 Å². The van der Waals surface area contributed by atoms with Crippen molar-refractivity contribution in [3.63, 3.8) is 0 Å². The lowest BCUT2D eigenvalue weighted by molar-refractivity contribution is -0.0890. The van der Waals surface area contributed by atoms with E-state index in [-0.39, 0.29) is 5.60 Å². The molecule has 1 aromatic rings. The summed E-state index contributed by atoms with van der Waals surface area (Å²) >= 11 is 1.81. The number of aryl methyl sites for hydroxylation is 1. The minimum absolute atomic E-state index is 0.146. The predicted octanol–water partition coefficient (Wildman–Crippen LogP) is 3.78. The van der Waals surface area contributed by atoms with Gasteiger partial charge >= 0.3 is 0 Å². The molecule has 0 atom stereocenters. The molecule has 0 radical (unpaired) electrons. The van der Waals surface area contributed by atoms with Gasteiger partial charge in [-0.1, -0.05) is 13.8 Å². The molecule has 0 saturated heterocycles. The molecule has 2 rings (SSSR count). The Bertz CT molecular complexity index is 443. The molecule has 1 aromatic heterocycles. The van der Waals surface area contributed by atoms with E-state index in [2.05, 4.69) is 27.7 Å². The van der Waals surface area contributed by atoms with Crippen LogP contribution in [0.2, 0.25) is 0 Å². The van der Waals surface area contributed by atoms with Crippen LogP contribution in [0.5, 0.6) is 0 Å². The Kier molecular flexibility index (Phi) is 4.88. The molecule has 0 aliphatic heterocycles. The molecule has 0 unspecified atom stereocenters. The molecule has 0 spiro atoms. The van der Waals surface area contributed by atoms with Crippen LogP contribution in [0.1, 0.15) is 62.0 Å². The van der Waals surface area contributed by atoms with Crippen molar-refractivity contribution >= 4 is 11.3 Å². The molecular weight excluding hydrogens is 268 g/mol. The first-order valence-electron chi connectivity index (χ1n) is 7.73. The molecule has 0 bridgehead atoms. The highest BCUT2D eigenvalue weighted by Crippen LogP contribution is 2.48. The molecule has 20 heavy (non-hydrogen) atoms. The van der Waals surface area contributed by atoms with Crippen molar-refractivity contribution in [2.24, 2.45) is 11.1 Å². The Morgan fingerprint density at radius 2 is 1.90 bits per heavy atom. The number of ether oxygens (including phenoxy) is 1. The zero-order valence-electron chi connectivity index (χ0n) is 13.3. The maximum Gasteiger partial charge on any atom is 0.125 e. The first kappa shape index (κ1) is 15.9. The van der Waals surface area contributed by atoms with Crippen LogP contribution < -0.4 is 5.73 Å². The van der Waals surface area contributed by atoms with Crippen molar-refractivity contribution in [1.82, 2.24) is 4.98 Å². The first-order chi connectivity index (χ1) is 9.42. The maximum atomic E-state index is 6.21. The SMILES string of the molecule is CCOC1(c2nc(C)c(CCN)s2)CCC(C)(C)CC1. The van der Waals surface area contributed by atoms with Crippen molar-refractivity contribution in [3.05, 3.63) is 15.6 Å². The zero-order valence-corrected chi connectivity index (χ0v) is 14.1. The summed E-state index contributed by atoms with van der Waals surface area (Å²) in [4.78, 5) is 6.15. The minimum Gasteiger partial charge on any atom is -0.368 e. The van der Waals surface area contributed by atoms with Gasteiger partial charge in [0.25, 0.3) is 0 Å². The fourth-order valence-corrected chi connectivity index (χ4v) is 4.29. The van der Waals surface area contributed by atoms with Crippen LogP contribution in [-0.4, -0.2) is 18.1 Å². The van der Waals surface area contributed by atoms with Crippen LogP contribution in [0.15, 0.2) is 0 Å². The van der Waals surface area contributed by atoms with E-state index >= 15 is 0 Å². The molecule has 3 nitrogen and oxygen atoms in total. The van der Waals surface area contributed by atoms with Crippen molar-refractivity contribution in [1.29, 1.82) is 0 Å². The molecule has 1 aliphatic rings. The molecule has 2 N–H and O–H groups in total. The Balaban J connectivity index is 2.27. The average molecular weight is 296 g/mol. The van der Waals surface area contributed by atoms with E-state index in [9.17, 15) is 0 Å². The molecule has 1 heterocycles. The van der Waals surface area contributed by atoms with Crippen molar-refractivity contribution in [2.75, 3.05) is 13.2 Å². The third-order valence-electron chi connectivity index (χ3n) is 4.49. The van der Waals surface area contributed by atoms with Crippen molar-refractivity contribution in [2.45, 2.75) is 65.4 Å². The fourth-order valence-electron chi connectivity index (χ4n) is 3.01.